The first-order chi connectivity index (χ1) is 13.5. The summed E-state index contributed by atoms with van der Waals surface area (Å²) in [5, 5.41) is 13.0. The summed E-state index contributed by atoms with van der Waals surface area (Å²) in [5.74, 6) is -1.72. The van der Waals surface area contributed by atoms with Crippen LogP contribution in [0.3, 0.4) is 0 Å². The van der Waals surface area contributed by atoms with Gasteiger partial charge in [0.2, 0.25) is 5.91 Å². The van der Waals surface area contributed by atoms with Gasteiger partial charge in [-0.25, -0.2) is 9.96 Å². The normalized spacial score (nSPS) is 24.0. The Balaban J connectivity index is 1.72. The van der Waals surface area contributed by atoms with Crippen LogP contribution >= 0.6 is 0 Å². The Morgan fingerprint density at radius 2 is 1.71 bits per heavy atom. The zero-order valence-corrected chi connectivity index (χ0v) is 15.2. The zero-order valence-electron chi connectivity index (χ0n) is 15.2. The van der Waals surface area contributed by atoms with E-state index in [1.54, 1.807) is 11.1 Å². The van der Waals surface area contributed by atoms with E-state index >= 15 is 0 Å². The highest BCUT2D eigenvalue weighted by Gasteiger charge is 2.60. The highest BCUT2D eigenvalue weighted by molar-refractivity contribution is 6.24. The van der Waals surface area contributed by atoms with Crippen LogP contribution in [0.2, 0.25) is 0 Å². The van der Waals surface area contributed by atoms with E-state index in [9.17, 15) is 19.7 Å². The SMILES string of the molecule is CCC[C@H]1[C@H]2C(=O)N(c3ccccc3[N+](=O)[O-])C(=O)[C@H]2ON1c1ccccc1. The molecule has 2 fully saturated rings. The van der Waals surface area contributed by atoms with E-state index in [1.165, 1.54) is 18.2 Å². The number of hydroxylamine groups is 1. The van der Waals surface area contributed by atoms with E-state index in [4.69, 9.17) is 4.84 Å². The molecule has 0 aromatic heterocycles. The van der Waals surface area contributed by atoms with E-state index in [-0.39, 0.29) is 17.4 Å². The van der Waals surface area contributed by atoms with Gasteiger partial charge in [0.15, 0.2) is 6.10 Å². The third-order valence-corrected chi connectivity index (χ3v) is 5.15. The van der Waals surface area contributed by atoms with Crippen molar-refractivity contribution in [3.8, 4) is 0 Å². The highest BCUT2D eigenvalue weighted by Crippen LogP contribution is 2.43. The largest absolute Gasteiger partial charge is 0.293 e. The lowest BCUT2D eigenvalue weighted by atomic mass is 9.93. The third kappa shape index (κ3) is 2.73. The van der Waals surface area contributed by atoms with E-state index in [1.807, 2.05) is 37.3 Å². The minimum atomic E-state index is -0.982. The van der Waals surface area contributed by atoms with Gasteiger partial charge >= 0.3 is 0 Å². The first-order valence-corrected chi connectivity index (χ1v) is 9.17. The van der Waals surface area contributed by atoms with Crippen molar-refractivity contribution in [2.24, 2.45) is 5.92 Å². The molecule has 0 saturated carbocycles. The first-order valence-electron chi connectivity index (χ1n) is 9.17. The molecule has 8 nitrogen and oxygen atoms in total. The van der Waals surface area contributed by atoms with Gasteiger partial charge in [-0.2, -0.15) is 0 Å². The second kappa shape index (κ2) is 7.05. The van der Waals surface area contributed by atoms with E-state index in [2.05, 4.69) is 0 Å². The molecule has 2 aliphatic heterocycles. The third-order valence-electron chi connectivity index (χ3n) is 5.15. The number of nitro groups is 1. The van der Waals surface area contributed by atoms with Crippen LogP contribution in [0.5, 0.6) is 0 Å². The molecular weight excluding hydrogens is 362 g/mol. The molecule has 0 aliphatic carbocycles. The van der Waals surface area contributed by atoms with Gasteiger partial charge in [-0.05, 0) is 24.6 Å². The molecule has 0 unspecified atom stereocenters. The molecule has 2 aliphatic rings. The maximum atomic E-state index is 13.2. The monoisotopic (exact) mass is 381 g/mol. The number of anilines is 2. The minimum absolute atomic E-state index is 0.0120. The molecule has 2 aromatic carbocycles. The predicted octanol–water partition coefficient (Wildman–Crippen LogP) is 3.07. The maximum absolute atomic E-state index is 13.2. The van der Waals surface area contributed by atoms with Crippen molar-refractivity contribution in [3.05, 3.63) is 64.7 Å². The Morgan fingerprint density at radius 1 is 1.04 bits per heavy atom. The molecule has 28 heavy (non-hydrogen) atoms. The summed E-state index contributed by atoms with van der Waals surface area (Å²) in [6.45, 7) is 2.00. The Bertz CT molecular complexity index is 932. The fraction of sp³-hybridized carbons (Fsp3) is 0.300. The van der Waals surface area contributed by atoms with Gasteiger partial charge in [0.05, 0.1) is 22.6 Å². The summed E-state index contributed by atoms with van der Waals surface area (Å²) in [6.07, 6.45) is 0.469. The first kappa shape index (κ1) is 18.1. The Hall–Kier alpha value is -3.26. The van der Waals surface area contributed by atoms with Crippen LogP contribution in [0.4, 0.5) is 17.1 Å². The molecule has 3 atom stereocenters. The quantitative estimate of drug-likeness (QED) is 0.449. The number of para-hydroxylation sites is 3. The Morgan fingerprint density at radius 3 is 2.39 bits per heavy atom. The highest BCUT2D eigenvalue weighted by atomic mass is 16.7. The number of carbonyl (C=O) groups is 2. The number of rotatable bonds is 5. The molecule has 2 amide bonds. The van der Waals surface area contributed by atoms with E-state index in [0.29, 0.717) is 6.42 Å². The summed E-state index contributed by atoms with van der Waals surface area (Å²) in [6, 6.07) is 14.8. The molecule has 0 bridgehead atoms. The number of nitro benzene ring substituents is 1. The van der Waals surface area contributed by atoms with Gasteiger partial charge in [-0.3, -0.25) is 24.5 Å². The second-order valence-electron chi connectivity index (χ2n) is 6.83. The Kier molecular flexibility index (Phi) is 4.56. The summed E-state index contributed by atoms with van der Waals surface area (Å²) in [4.78, 5) is 43.8. The van der Waals surface area contributed by atoms with Crippen LogP contribution in [0.15, 0.2) is 54.6 Å². The molecule has 8 heteroatoms. The summed E-state index contributed by atoms with van der Waals surface area (Å²) in [7, 11) is 0. The lowest BCUT2D eigenvalue weighted by Gasteiger charge is -2.28. The second-order valence-corrected chi connectivity index (χ2v) is 6.83. The zero-order chi connectivity index (χ0) is 19.8. The minimum Gasteiger partial charge on any atom is -0.273 e. The molecule has 2 aromatic rings. The van der Waals surface area contributed by atoms with Crippen molar-refractivity contribution in [2.75, 3.05) is 9.96 Å². The molecule has 2 saturated heterocycles. The predicted molar refractivity (Wildman–Crippen MR) is 102 cm³/mol. The molecule has 0 spiro atoms. The lowest BCUT2D eigenvalue weighted by molar-refractivity contribution is -0.384. The van der Waals surface area contributed by atoms with E-state index < -0.39 is 28.8 Å². The van der Waals surface area contributed by atoms with Crippen LogP contribution in [0.25, 0.3) is 0 Å². The molecule has 4 rings (SSSR count). The van der Waals surface area contributed by atoms with Gasteiger partial charge in [0.1, 0.15) is 5.69 Å². The maximum Gasteiger partial charge on any atom is 0.293 e. The topological polar surface area (TPSA) is 93.0 Å². The van der Waals surface area contributed by atoms with Gasteiger partial charge in [-0.15, -0.1) is 0 Å². The number of carbonyl (C=O) groups excluding carboxylic acids is 2. The number of fused-ring (bicyclic) bond motifs is 1. The summed E-state index contributed by atoms with van der Waals surface area (Å²) < 4.78 is 0. The van der Waals surface area contributed by atoms with Crippen molar-refractivity contribution >= 4 is 28.9 Å². The van der Waals surface area contributed by atoms with Gasteiger partial charge in [-0.1, -0.05) is 43.7 Å². The fourth-order valence-corrected chi connectivity index (χ4v) is 3.96. The van der Waals surface area contributed by atoms with Gasteiger partial charge in [0.25, 0.3) is 11.6 Å². The molecular formula is C20H19N3O5. The summed E-state index contributed by atoms with van der Waals surface area (Å²) >= 11 is 0. The van der Waals surface area contributed by atoms with Crippen molar-refractivity contribution in [3.63, 3.8) is 0 Å². The smallest absolute Gasteiger partial charge is 0.273 e. The number of hydrogen-bond donors (Lipinski definition) is 0. The van der Waals surface area contributed by atoms with Gasteiger partial charge < -0.3 is 0 Å². The molecule has 2 heterocycles. The van der Waals surface area contributed by atoms with Crippen LogP contribution < -0.4 is 9.96 Å². The van der Waals surface area contributed by atoms with Crippen molar-refractivity contribution in [2.45, 2.75) is 31.9 Å². The van der Waals surface area contributed by atoms with Crippen LogP contribution in [-0.2, 0) is 14.4 Å². The number of hydrogen-bond acceptors (Lipinski definition) is 6. The van der Waals surface area contributed by atoms with Crippen LogP contribution in [0, 0.1) is 16.0 Å². The van der Waals surface area contributed by atoms with E-state index in [0.717, 1.165) is 17.0 Å². The number of nitrogens with zero attached hydrogens (tertiary/aromatic N) is 3. The molecule has 144 valence electrons. The average Bonchev–Trinajstić information content (AvgIpc) is 3.19. The van der Waals surface area contributed by atoms with Crippen LogP contribution in [-0.4, -0.2) is 28.9 Å². The van der Waals surface area contributed by atoms with Crippen molar-refractivity contribution in [1.82, 2.24) is 0 Å². The van der Waals surface area contributed by atoms with Gasteiger partial charge in [0, 0.05) is 6.07 Å². The van der Waals surface area contributed by atoms with Crippen molar-refractivity contribution in [1.29, 1.82) is 0 Å². The molecule has 0 N–H and O–H groups in total. The average molecular weight is 381 g/mol. The number of benzene rings is 2. The van der Waals surface area contributed by atoms with Crippen LogP contribution in [0.1, 0.15) is 19.8 Å². The molecule has 0 radical (unpaired) electrons. The summed E-state index contributed by atoms with van der Waals surface area (Å²) in [5.41, 5.74) is 0.478. The Labute approximate surface area is 161 Å². The lowest BCUT2D eigenvalue weighted by Crippen LogP contribution is -2.40. The van der Waals surface area contributed by atoms with Crippen molar-refractivity contribution < 1.29 is 19.3 Å². The number of amides is 2. The number of imide groups is 1. The standard InChI is InChI=1S/C20H19N3O5/c1-2-8-16-17-18(28-22(16)13-9-4-3-5-10-13)20(25)21(19(17)24)14-11-6-7-12-15(14)23(26)27/h3-7,9-12,16-18H,2,8H2,1H3/t16-,17+,18-/m0/s1. The fourth-order valence-electron chi connectivity index (χ4n) is 3.96.